The molecule has 1 aliphatic carbocycles. The van der Waals surface area contributed by atoms with Gasteiger partial charge in [-0.2, -0.15) is 0 Å². The van der Waals surface area contributed by atoms with Gasteiger partial charge in [0.2, 0.25) is 0 Å². The van der Waals surface area contributed by atoms with Crippen LogP contribution in [-0.4, -0.2) is 28.8 Å². The van der Waals surface area contributed by atoms with Gasteiger partial charge in [-0.15, -0.1) is 0 Å². The lowest BCUT2D eigenvalue weighted by Gasteiger charge is -2.11. The van der Waals surface area contributed by atoms with Crippen molar-refractivity contribution in [2.24, 2.45) is 5.41 Å². The second-order valence-corrected chi connectivity index (χ2v) is 5.60. The Hall–Kier alpha value is -0.810. The molecule has 0 aliphatic heterocycles. The van der Waals surface area contributed by atoms with E-state index in [2.05, 4.69) is 9.97 Å². The van der Waals surface area contributed by atoms with E-state index < -0.39 is 0 Å². The van der Waals surface area contributed by atoms with E-state index in [0.29, 0.717) is 16.6 Å². The van der Waals surface area contributed by atoms with Gasteiger partial charge >= 0.3 is 5.97 Å². The van der Waals surface area contributed by atoms with E-state index in [1.807, 2.05) is 0 Å². The van der Waals surface area contributed by atoms with E-state index >= 15 is 0 Å². The Morgan fingerprint density at radius 2 is 2.18 bits per heavy atom. The monoisotopic (exact) mass is 272 g/mol. The number of methoxy groups -OCH3 is 1. The second kappa shape index (κ2) is 5.23. The SMILES string of the molecule is COC(=O)CC1(CSc2ncc(Cl)cn2)CC1. The zero-order valence-electron chi connectivity index (χ0n) is 9.48. The maximum absolute atomic E-state index is 11.2. The molecule has 0 spiro atoms. The minimum Gasteiger partial charge on any atom is -0.469 e. The van der Waals surface area contributed by atoms with Crippen LogP contribution in [0.1, 0.15) is 19.3 Å². The number of nitrogens with zero attached hydrogens (tertiary/aromatic N) is 2. The van der Waals surface area contributed by atoms with Crippen molar-refractivity contribution in [1.29, 1.82) is 0 Å². The Balaban J connectivity index is 1.85. The lowest BCUT2D eigenvalue weighted by Crippen LogP contribution is -2.13. The number of esters is 1. The van der Waals surface area contributed by atoms with Gasteiger partial charge in [-0.05, 0) is 18.3 Å². The molecule has 0 N–H and O–H groups in total. The average Bonchev–Trinajstić information content (AvgIpc) is 3.09. The van der Waals surface area contributed by atoms with Gasteiger partial charge < -0.3 is 4.74 Å². The predicted octanol–water partition coefficient (Wildman–Crippen LogP) is 2.57. The van der Waals surface area contributed by atoms with Crippen LogP contribution in [0.5, 0.6) is 0 Å². The van der Waals surface area contributed by atoms with E-state index in [4.69, 9.17) is 16.3 Å². The first kappa shape index (κ1) is 12.6. The van der Waals surface area contributed by atoms with Gasteiger partial charge in [-0.25, -0.2) is 9.97 Å². The van der Waals surface area contributed by atoms with E-state index in [1.165, 1.54) is 7.11 Å². The molecule has 0 saturated heterocycles. The molecular weight excluding hydrogens is 260 g/mol. The first-order valence-electron chi connectivity index (χ1n) is 5.31. The molecule has 1 saturated carbocycles. The molecule has 4 nitrogen and oxygen atoms in total. The highest BCUT2D eigenvalue weighted by Gasteiger charge is 2.44. The van der Waals surface area contributed by atoms with Crippen LogP contribution in [0, 0.1) is 5.41 Å². The Labute approximate surface area is 109 Å². The van der Waals surface area contributed by atoms with Crippen molar-refractivity contribution in [3.63, 3.8) is 0 Å². The molecule has 2 rings (SSSR count). The molecule has 1 aromatic heterocycles. The third-order valence-electron chi connectivity index (χ3n) is 2.81. The van der Waals surface area contributed by atoms with Crippen LogP contribution in [0.2, 0.25) is 5.02 Å². The summed E-state index contributed by atoms with van der Waals surface area (Å²) in [4.78, 5) is 19.5. The van der Waals surface area contributed by atoms with Gasteiger partial charge in [0.15, 0.2) is 5.16 Å². The Bertz CT molecular complexity index is 406. The molecule has 0 unspecified atom stereocenters. The number of carbonyl (C=O) groups is 1. The molecule has 1 aliphatic rings. The van der Waals surface area contributed by atoms with Gasteiger partial charge in [0.1, 0.15) is 0 Å². The molecule has 0 atom stereocenters. The fraction of sp³-hybridized carbons (Fsp3) is 0.545. The first-order chi connectivity index (χ1) is 8.13. The van der Waals surface area contributed by atoms with E-state index in [1.54, 1.807) is 24.2 Å². The Kier molecular flexibility index (Phi) is 3.89. The van der Waals surface area contributed by atoms with Gasteiger partial charge in [0, 0.05) is 5.75 Å². The minimum atomic E-state index is -0.139. The van der Waals surface area contributed by atoms with Gasteiger partial charge in [-0.1, -0.05) is 23.4 Å². The Morgan fingerprint density at radius 1 is 1.53 bits per heavy atom. The van der Waals surface area contributed by atoms with Crippen molar-refractivity contribution in [3.05, 3.63) is 17.4 Å². The smallest absolute Gasteiger partial charge is 0.306 e. The number of thioether (sulfide) groups is 1. The minimum absolute atomic E-state index is 0.0980. The van der Waals surface area contributed by atoms with E-state index in [0.717, 1.165) is 18.6 Å². The van der Waals surface area contributed by atoms with Crippen LogP contribution < -0.4 is 0 Å². The van der Waals surface area contributed by atoms with Crippen LogP contribution >= 0.6 is 23.4 Å². The fourth-order valence-corrected chi connectivity index (χ4v) is 2.70. The van der Waals surface area contributed by atoms with Crippen molar-refractivity contribution < 1.29 is 9.53 Å². The number of aromatic nitrogens is 2. The first-order valence-corrected chi connectivity index (χ1v) is 6.67. The molecule has 0 bridgehead atoms. The molecule has 6 heteroatoms. The maximum Gasteiger partial charge on any atom is 0.306 e. The summed E-state index contributed by atoms with van der Waals surface area (Å²) in [5.41, 5.74) is 0.0980. The molecule has 0 amide bonds. The van der Waals surface area contributed by atoms with Gasteiger partial charge in [-0.3, -0.25) is 4.79 Å². The van der Waals surface area contributed by atoms with Crippen LogP contribution in [0.3, 0.4) is 0 Å². The summed E-state index contributed by atoms with van der Waals surface area (Å²) in [5, 5.41) is 1.23. The summed E-state index contributed by atoms with van der Waals surface area (Å²) in [5.74, 6) is 0.712. The molecule has 1 fully saturated rings. The van der Waals surface area contributed by atoms with E-state index in [-0.39, 0.29) is 11.4 Å². The molecule has 0 radical (unpaired) electrons. The second-order valence-electron chi connectivity index (χ2n) is 4.23. The molecule has 0 aromatic carbocycles. The highest BCUT2D eigenvalue weighted by atomic mass is 35.5. The predicted molar refractivity (Wildman–Crippen MR) is 66.1 cm³/mol. The van der Waals surface area contributed by atoms with Crippen molar-refractivity contribution >= 4 is 29.3 Å². The molecule has 17 heavy (non-hydrogen) atoms. The molecule has 92 valence electrons. The van der Waals surface area contributed by atoms with Crippen molar-refractivity contribution in [2.75, 3.05) is 12.9 Å². The highest BCUT2D eigenvalue weighted by molar-refractivity contribution is 7.99. The normalized spacial score (nSPS) is 16.6. The summed E-state index contributed by atoms with van der Waals surface area (Å²) in [6.07, 6.45) is 5.79. The van der Waals surface area contributed by atoms with Crippen LogP contribution in [0.25, 0.3) is 0 Å². The zero-order chi connectivity index (χ0) is 12.3. The van der Waals surface area contributed by atoms with Crippen molar-refractivity contribution in [2.45, 2.75) is 24.4 Å². The van der Waals surface area contributed by atoms with Crippen molar-refractivity contribution in [3.8, 4) is 0 Å². The quantitative estimate of drug-likeness (QED) is 0.468. The fourth-order valence-electron chi connectivity index (χ4n) is 1.52. The number of carbonyl (C=O) groups excluding carboxylic acids is 1. The molecule has 1 heterocycles. The number of ether oxygens (including phenoxy) is 1. The Morgan fingerprint density at radius 3 is 2.71 bits per heavy atom. The topological polar surface area (TPSA) is 52.1 Å². The van der Waals surface area contributed by atoms with Crippen LogP contribution in [-0.2, 0) is 9.53 Å². The summed E-state index contributed by atoms with van der Waals surface area (Å²) in [7, 11) is 1.42. The van der Waals surface area contributed by atoms with Crippen molar-refractivity contribution in [1.82, 2.24) is 9.97 Å². The van der Waals surface area contributed by atoms with Gasteiger partial charge in [0.25, 0.3) is 0 Å². The van der Waals surface area contributed by atoms with Gasteiger partial charge in [0.05, 0.1) is 30.9 Å². The number of hydrogen-bond acceptors (Lipinski definition) is 5. The standard InChI is InChI=1S/C11H13ClN2O2S/c1-16-9(15)4-11(2-3-11)7-17-10-13-5-8(12)6-14-10/h5-6H,2-4,7H2,1H3. The lowest BCUT2D eigenvalue weighted by atomic mass is 10.1. The summed E-state index contributed by atoms with van der Waals surface area (Å²) >= 11 is 7.27. The third-order valence-corrected chi connectivity index (χ3v) is 4.23. The van der Waals surface area contributed by atoms with E-state index in [9.17, 15) is 4.79 Å². The summed E-state index contributed by atoms with van der Waals surface area (Å²) in [6.45, 7) is 0. The largest absolute Gasteiger partial charge is 0.469 e. The molecular formula is C11H13ClN2O2S. The van der Waals surface area contributed by atoms with Crippen LogP contribution in [0.15, 0.2) is 17.6 Å². The zero-order valence-corrected chi connectivity index (χ0v) is 11.1. The lowest BCUT2D eigenvalue weighted by molar-refractivity contribution is -0.141. The van der Waals surface area contributed by atoms with Crippen LogP contribution in [0.4, 0.5) is 0 Å². The summed E-state index contributed by atoms with van der Waals surface area (Å²) < 4.78 is 4.70. The number of halogens is 1. The third kappa shape index (κ3) is 3.57. The maximum atomic E-state index is 11.2. The number of rotatable bonds is 5. The molecule has 1 aromatic rings. The average molecular weight is 273 g/mol. The highest BCUT2D eigenvalue weighted by Crippen LogP contribution is 2.51. The number of hydrogen-bond donors (Lipinski definition) is 0. The summed E-state index contributed by atoms with van der Waals surface area (Å²) in [6, 6.07) is 0.